The first-order valence-corrected chi connectivity index (χ1v) is 44.5. The molecule has 0 aromatic heterocycles. The largest absolute Gasteiger partial charge is 0.481 e. The minimum absolute atomic E-state index is 0.00278. The number of carboxylic acids is 2. The maximum atomic E-state index is 12.5. The van der Waals surface area contributed by atoms with Gasteiger partial charge in [-0.3, -0.25) is 67.3 Å². The molecule has 0 radical (unpaired) electrons. The first-order valence-electron chi connectivity index (χ1n) is 42.6. The molecule has 0 aromatic rings. The van der Waals surface area contributed by atoms with Gasteiger partial charge in [-0.1, -0.05) is 48.5 Å². The highest BCUT2D eigenvalue weighted by Gasteiger charge is 2.42. The number of hydrogen-bond acceptors (Lipinski definition) is 38. The van der Waals surface area contributed by atoms with Crippen molar-refractivity contribution >= 4 is 113 Å². The highest BCUT2D eigenvalue weighted by molar-refractivity contribution is 8.02. The molecule has 0 spiro atoms. The molecule has 2 fully saturated rings. The molecule has 49 nitrogen and oxygen atoms in total. The zero-order valence-electron chi connectivity index (χ0n) is 76.5. The SMILES string of the molecule is CCC(CO)OC(CO)OC.CCC(CO)OC(COC(=O)NCCC(=O)NCCNC(=O)CCOCCOCCNC(=O)CCN1C(=O)CC(SC(C)(C)C)C1=O)OC.CCC(CO)OC(COC(=O)NCCC(=O)NCCNC(=O)CCOCCOCCNC(=O)CCN1C(=O)CC(SCC(N)C(=O)O)C1=O)OC.CCC(CO)OC(COC(=O)NCCC(=O)O)OC. The number of aliphatic carboxylic acids is 2. The van der Waals surface area contributed by atoms with Crippen molar-refractivity contribution in [1.82, 2.24) is 57.7 Å². The fourth-order valence-electron chi connectivity index (χ4n) is 9.98. The average Bonchev–Trinajstić information content (AvgIpc) is 1.69. The van der Waals surface area contributed by atoms with E-state index in [9.17, 15) is 82.1 Å². The van der Waals surface area contributed by atoms with Gasteiger partial charge in [-0.05, 0) is 25.7 Å². The predicted octanol–water partition coefficient (Wildman–Crippen LogP) is -3.33. The molecule has 2 rings (SSSR count). The molecule has 51 heteroatoms. The Balaban J connectivity index is 0. The Hall–Kier alpha value is -8.17. The van der Waals surface area contributed by atoms with Gasteiger partial charge in [0.25, 0.3) is 0 Å². The summed E-state index contributed by atoms with van der Waals surface area (Å²) in [6.07, 6.45) is -4.28. The number of likely N-dealkylation sites (tertiary alicyclic amines) is 2. The molecule has 0 aliphatic carbocycles. The van der Waals surface area contributed by atoms with Gasteiger partial charge in [0.05, 0.1) is 127 Å². The molecule has 2 aliphatic heterocycles. The minimum atomic E-state index is -1.19. The molecule has 130 heavy (non-hydrogen) atoms. The van der Waals surface area contributed by atoms with Crippen molar-refractivity contribution in [3.05, 3.63) is 0 Å². The molecule has 0 aromatic carbocycles. The van der Waals surface area contributed by atoms with Crippen LogP contribution in [-0.4, -0.2) is 418 Å². The van der Waals surface area contributed by atoms with Crippen LogP contribution >= 0.6 is 23.5 Å². The third kappa shape index (κ3) is 65.4. The van der Waals surface area contributed by atoms with E-state index < -0.39 is 95.9 Å². The number of amides is 13. The lowest BCUT2D eigenvalue weighted by molar-refractivity contribution is -0.181. The number of alkyl carbamates (subject to hydrolysis) is 3. The van der Waals surface area contributed by atoms with Gasteiger partial charge < -0.3 is 160 Å². The standard InChI is InChI=1S/C31H55N5O12S.C30H52N6O14S.C11H21NO7.C7H16O4/c1-6-22(20-37)48-28(44-5)21-47-30(43)35-10-7-24(38)32-11-12-33-26(40)9-15-45-17-18-46-16-13-34-25(39)8-14-36-27(41)19-23(29(36)42)49-31(2,3)4;1-3-20(17-37)50-27(46-2)18-49-30(45)35-7-4-23(38)32-8-9-33-25(40)6-12-47-14-15-48-13-10-34-24(39)5-11-36-26(41)16-22(28(36)42)51-19-21(31)29(43)44;1-3-8(6-13)19-10(17-2)7-18-11(16)12-5-4-9(14)15;1-3-6(4-8)11-7(5-9)10-2/h22-23,28,37H,6-21H2,1-5H3,(H,32,38)(H,33,40)(H,34,39)(H,35,43);20-22,27,37H,3-19,31H2,1-2H3,(H,32,38)(H,33,40)(H,34,39)(H,35,45)(H,43,44);8,10,13H,3-7H2,1-2H3,(H,12,16)(H,14,15);6-9H,3-5H2,1-2H3. The number of aliphatic hydroxyl groups is 5. The zero-order valence-corrected chi connectivity index (χ0v) is 78.1. The number of aliphatic hydroxyl groups excluding tert-OH is 5. The monoisotopic (exact) mass is 1920 g/mol. The lowest BCUT2D eigenvalue weighted by atomic mass is 10.3. The van der Waals surface area contributed by atoms with Crippen LogP contribution in [0.5, 0.6) is 0 Å². The summed E-state index contributed by atoms with van der Waals surface area (Å²) >= 11 is 2.47. The summed E-state index contributed by atoms with van der Waals surface area (Å²) in [4.78, 5) is 179. The zero-order chi connectivity index (χ0) is 98.0. The molecule has 11 atom stereocenters. The van der Waals surface area contributed by atoms with Crippen molar-refractivity contribution in [1.29, 1.82) is 0 Å². The topological polar surface area (TPSA) is 677 Å². The summed E-state index contributed by atoms with van der Waals surface area (Å²) in [7, 11) is 5.61. The average molecular weight is 1920 g/mol. The predicted molar refractivity (Wildman–Crippen MR) is 464 cm³/mol. The van der Waals surface area contributed by atoms with Crippen LogP contribution in [0.25, 0.3) is 0 Å². The summed E-state index contributed by atoms with van der Waals surface area (Å²) in [6.45, 7) is 15.2. The molecule has 11 unspecified atom stereocenters. The normalized spacial score (nSPS) is 15.6. The van der Waals surface area contributed by atoms with Gasteiger partial charge in [-0.2, -0.15) is 0 Å². The first-order chi connectivity index (χ1) is 62.0. The van der Waals surface area contributed by atoms with Crippen LogP contribution in [0, 0.1) is 0 Å². The molecule has 754 valence electrons. The van der Waals surface area contributed by atoms with Crippen LogP contribution in [0.15, 0.2) is 0 Å². The van der Waals surface area contributed by atoms with E-state index in [-0.39, 0.29) is 305 Å². The van der Waals surface area contributed by atoms with Gasteiger partial charge in [0, 0.05) is 162 Å². The van der Waals surface area contributed by atoms with Gasteiger partial charge in [0.2, 0.25) is 59.1 Å². The molecule has 2 saturated heterocycles. The summed E-state index contributed by atoms with van der Waals surface area (Å²) in [5.74, 6) is -5.40. The smallest absolute Gasteiger partial charge is 0.407 e. The Kier molecular flexibility index (Phi) is 74.6. The quantitative estimate of drug-likeness (QED) is 0.0123. The van der Waals surface area contributed by atoms with Gasteiger partial charge in [0.15, 0.2) is 25.2 Å². The van der Waals surface area contributed by atoms with Crippen molar-refractivity contribution in [3.63, 3.8) is 0 Å². The first kappa shape index (κ1) is 124. The van der Waals surface area contributed by atoms with Gasteiger partial charge in [-0.25, -0.2) is 14.4 Å². The van der Waals surface area contributed by atoms with E-state index in [2.05, 4.69) is 47.9 Å². The maximum Gasteiger partial charge on any atom is 0.407 e. The van der Waals surface area contributed by atoms with Crippen LogP contribution in [0.4, 0.5) is 14.4 Å². The lowest BCUT2D eigenvalue weighted by Crippen LogP contribution is -2.37. The van der Waals surface area contributed by atoms with Gasteiger partial charge >= 0.3 is 30.2 Å². The van der Waals surface area contributed by atoms with Crippen LogP contribution in [0.1, 0.15) is 132 Å². The number of carboxylic acid groups (broad SMARTS) is 2. The number of nitrogens with one attached hydrogen (secondary N) is 9. The van der Waals surface area contributed by atoms with Crippen LogP contribution in [0.3, 0.4) is 0 Å². The van der Waals surface area contributed by atoms with E-state index in [1.807, 2.05) is 48.5 Å². The highest BCUT2D eigenvalue weighted by atomic mass is 32.2. The van der Waals surface area contributed by atoms with E-state index in [1.54, 1.807) is 0 Å². The second kappa shape index (κ2) is 78.3. The van der Waals surface area contributed by atoms with Crippen molar-refractivity contribution in [3.8, 4) is 0 Å². The summed E-state index contributed by atoms with van der Waals surface area (Å²) in [5, 5.41) is 83.8. The van der Waals surface area contributed by atoms with E-state index in [1.165, 1.54) is 45.1 Å². The number of thioether (sulfide) groups is 2. The van der Waals surface area contributed by atoms with Crippen LogP contribution in [0.2, 0.25) is 0 Å². The van der Waals surface area contributed by atoms with Gasteiger partial charge in [0.1, 0.15) is 25.9 Å². The number of carbonyl (C=O) groups excluding carboxylic acids is 13. The Labute approximate surface area is 766 Å². The lowest BCUT2D eigenvalue weighted by Gasteiger charge is -2.21. The number of ether oxygens (including phenoxy) is 15. The highest BCUT2D eigenvalue weighted by Crippen LogP contribution is 2.35. The fourth-order valence-corrected chi connectivity index (χ4v) is 12.4. The Bertz CT molecular complexity index is 3170. The Morgan fingerprint density at radius 3 is 1.00 bits per heavy atom. The molecule has 0 bridgehead atoms. The van der Waals surface area contributed by atoms with Crippen LogP contribution in [-0.2, 0) is 129 Å². The van der Waals surface area contributed by atoms with E-state index in [0.717, 1.165) is 16.7 Å². The van der Waals surface area contributed by atoms with Crippen molar-refractivity contribution in [2.75, 3.05) is 212 Å². The number of carbonyl (C=O) groups is 15. The van der Waals surface area contributed by atoms with E-state index in [4.69, 9.17) is 102 Å². The maximum absolute atomic E-state index is 12.5. The van der Waals surface area contributed by atoms with E-state index >= 15 is 0 Å². The van der Waals surface area contributed by atoms with Crippen molar-refractivity contribution in [2.45, 2.75) is 203 Å². The second-order valence-electron chi connectivity index (χ2n) is 28.7. The fraction of sp³-hybridized carbons (Fsp3) is 0.810. The Morgan fingerprint density at radius 2 is 0.692 bits per heavy atom. The minimum Gasteiger partial charge on any atom is -0.481 e. The molecule has 0 saturated carbocycles. The molecule has 18 N–H and O–H groups in total. The molecular formula is C79H144N12O37S2. The molecule has 13 amide bonds. The summed E-state index contributed by atoms with van der Waals surface area (Å²) in [6, 6.07) is -1.14. The number of imide groups is 2. The van der Waals surface area contributed by atoms with Crippen LogP contribution < -0.4 is 53.6 Å². The number of rotatable bonds is 71. The third-order valence-electron chi connectivity index (χ3n) is 17.3. The summed E-state index contributed by atoms with van der Waals surface area (Å²) in [5.41, 5.74) is 5.44. The Morgan fingerprint density at radius 1 is 0.392 bits per heavy atom. The summed E-state index contributed by atoms with van der Waals surface area (Å²) < 4.78 is 77.3. The number of nitrogens with zero attached hydrogens (tertiary/aromatic N) is 2. The number of methoxy groups -OCH3 is 4. The van der Waals surface area contributed by atoms with E-state index in [0.29, 0.717) is 25.7 Å². The second-order valence-corrected chi connectivity index (χ2v) is 31.9. The molecular weight excluding hydrogens is 1770 g/mol. The van der Waals surface area contributed by atoms with Crippen molar-refractivity contribution < 1.29 is 179 Å². The third-order valence-corrected chi connectivity index (χ3v) is 20.0. The molecule has 2 heterocycles. The number of nitrogens with two attached hydrogens (primary N) is 1. The van der Waals surface area contributed by atoms with Crippen molar-refractivity contribution in [2.24, 2.45) is 5.73 Å². The number of hydrogen-bond donors (Lipinski definition) is 17. The molecule has 2 aliphatic rings. The van der Waals surface area contributed by atoms with Gasteiger partial charge in [-0.15, -0.1) is 23.5 Å².